The molecule has 0 atom stereocenters. The fourth-order valence-electron chi connectivity index (χ4n) is 0.429. The van der Waals surface area contributed by atoms with Crippen LogP contribution in [0.25, 0.3) is 0 Å². The Labute approximate surface area is 71.7 Å². The Hall–Kier alpha value is -1.69. The Morgan fingerprint density at radius 1 is 1.50 bits per heavy atom. The Bertz CT molecular complexity index is 270. The molecule has 12 heavy (non-hydrogen) atoms. The Balaban J connectivity index is 0.000000261. The molecule has 1 aromatic heterocycles. The van der Waals surface area contributed by atoms with Gasteiger partial charge >= 0.3 is 0 Å². The molecular weight excluding hydrogens is 152 g/mol. The number of ketones is 1. The number of nitriles is 1. The van der Waals surface area contributed by atoms with E-state index in [1.807, 2.05) is 6.07 Å². The molecule has 1 rings (SSSR count). The smallest absolute Gasteiger partial charge is 0.140 e. The maximum Gasteiger partial charge on any atom is 0.140 e. The highest BCUT2D eigenvalue weighted by atomic mass is 16.1. The number of aromatic nitrogens is 1. The maximum atomic E-state index is 9.44. The van der Waals surface area contributed by atoms with Gasteiger partial charge in [-0.25, -0.2) is 4.98 Å². The SMILES string of the molecule is CC(C)=O.N#Cc1ccccn1. The average Bonchev–Trinajstić information content (AvgIpc) is 2.05. The molecule has 0 fully saturated rings. The number of pyridine rings is 1. The molecule has 3 heteroatoms. The van der Waals surface area contributed by atoms with Gasteiger partial charge in [-0.15, -0.1) is 0 Å². The minimum Gasteiger partial charge on any atom is -0.300 e. The van der Waals surface area contributed by atoms with E-state index < -0.39 is 0 Å². The first-order chi connectivity index (χ1) is 5.66. The number of carbonyl (C=O) groups is 1. The van der Waals surface area contributed by atoms with Crippen molar-refractivity contribution in [3.63, 3.8) is 0 Å². The number of hydrogen-bond donors (Lipinski definition) is 0. The number of Topliss-reactive ketones (excluding diaryl/α,β-unsaturated/α-hetero) is 1. The predicted molar refractivity (Wildman–Crippen MR) is 45.3 cm³/mol. The summed E-state index contributed by atoms with van der Waals surface area (Å²) in [6.45, 7) is 3.06. The van der Waals surface area contributed by atoms with Gasteiger partial charge in [0.2, 0.25) is 0 Å². The molecule has 1 aromatic rings. The van der Waals surface area contributed by atoms with E-state index in [-0.39, 0.29) is 5.78 Å². The van der Waals surface area contributed by atoms with E-state index in [9.17, 15) is 4.79 Å². The summed E-state index contributed by atoms with van der Waals surface area (Å²) in [5, 5.41) is 8.23. The predicted octanol–water partition coefficient (Wildman–Crippen LogP) is 1.55. The van der Waals surface area contributed by atoms with E-state index in [1.54, 1.807) is 24.4 Å². The zero-order chi connectivity index (χ0) is 9.40. The third-order valence-electron chi connectivity index (χ3n) is 0.779. The first kappa shape index (κ1) is 10.3. The average molecular weight is 162 g/mol. The summed E-state index contributed by atoms with van der Waals surface area (Å²) in [7, 11) is 0. The molecule has 0 aromatic carbocycles. The normalized spacial score (nSPS) is 7.42. The van der Waals surface area contributed by atoms with Crippen LogP contribution in [-0.2, 0) is 4.79 Å². The van der Waals surface area contributed by atoms with E-state index >= 15 is 0 Å². The Morgan fingerprint density at radius 3 is 2.33 bits per heavy atom. The topological polar surface area (TPSA) is 53.8 Å². The van der Waals surface area contributed by atoms with Crippen molar-refractivity contribution in [3.8, 4) is 6.07 Å². The van der Waals surface area contributed by atoms with Crippen molar-refractivity contribution in [1.29, 1.82) is 5.26 Å². The van der Waals surface area contributed by atoms with Crippen molar-refractivity contribution in [2.24, 2.45) is 0 Å². The Morgan fingerprint density at radius 2 is 2.08 bits per heavy atom. The molecule has 1 heterocycles. The summed E-state index contributed by atoms with van der Waals surface area (Å²) in [5.41, 5.74) is 0.465. The van der Waals surface area contributed by atoms with Gasteiger partial charge in [-0.3, -0.25) is 0 Å². The standard InChI is InChI=1S/C6H4N2.C3H6O/c7-5-6-3-1-2-4-8-6;1-3(2)4/h1-4H;1-2H3. The van der Waals surface area contributed by atoms with E-state index in [2.05, 4.69) is 4.98 Å². The zero-order valence-electron chi connectivity index (χ0n) is 7.11. The molecule has 3 nitrogen and oxygen atoms in total. The summed E-state index contributed by atoms with van der Waals surface area (Å²) in [6, 6.07) is 7.14. The third kappa shape index (κ3) is 6.43. The highest BCUT2D eigenvalue weighted by molar-refractivity contribution is 5.72. The summed E-state index contributed by atoms with van der Waals surface area (Å²) in [6.07, 6.45) is 1.60. The van der Waals surface area contributed by atoms with Crippen molar-refractivity contribution in [2.75, 3.05) is 0 Å². The molecule has 62 valence electrons. The van der Waals surface area contributed by atoms with Gasteiger partial charge < -0.3 is 4.79 Å². The molecule has 0 N–H and O–H groups in total. The molecule has 0 spiro atoms. The van der Waals surface area contributed by atoms with Crippen molar-refractivity contribution in [1.82, 2.24) is 4.98 Å². The summed E-state index contributed by atoms with van der Waals surface area (Å²) >= 11 is 0. The van der Waals surface area contributed by atoms with Gasteiger partial charge in [0.15, 0.2) is 0 Å². The second-order valence-electron chi connectivity index (χ2n) is 2.24. The maximum absolute atomic E-state index is 9.44. The van der Waals surface area contributed by atoms with Crippen LogP contribution in [0.15, 0.2) is 24.4 Å². The summed E-state index contributed by atoms with van der Waals surface area (Å²) < 4.78 is 0. The van der Waals surface area contributed by atoms with Crippen molar-refractivity contribution >= 4 is 5.78 Å². The van der Waals surface area contributed by atoms with E-state index in [1.165, 1.54) is 13.8 Å². The number of hydrogen-bond acceptors (Lipinski definition) is 3. The lowest BCUT2D eigenvalue weighted by atomic mass is 10.4. The van der Waals surface area contributed by atoms with E-state index in [0.29, 0.717) is 5.69 Å². The van der Waals surface area contributed by atoms with Gasteiger partial charge in [0.1, 0.15) is 17.5 Å². The van der Waals surface area contributed by atoms with E-state index in [4.69, 9.17) is 5.26 Å². The van der Waals surface area contributed by atoms with Crippen LogP contribution < -0.4 is 0 Å². The zero-order valence-corrected chi connectivity index (χ0v) is 7.11. The molecule has 0 amide bonds. The first-order valence-corrected chi connectivity index (χ1v) is 3.45. The molecule has 0 unspecified atom stereocenters. The van der Waals surface area contributed by atoms with Gasteiger partial charge in [-0.05, 0) is 26.0 Å². The number of carbonyl (C=O) groups excluding carboxylic acids is 1. The Kier molecular flexibility index (Phi) is 5.20. The third-order valence-corrected chi connectivity index (χ3v) is 0.779. The van der Waals surface area contributed by atoms with Gasteiger partial charge in [0, 0.05) is 6.20 Å². The highest BCUT2D eigenvalue weighted by Crippen LogP contribution is 1.86. The highest BCUT2D eigenvalue weighted by Gasteiger charge is 1.81. The van der Waals surface area contributed by atoms with Gasteiger partial charge in [0.25, 0.3) is 0 Å². The van der Waals surface area contributed by atoms with Gasteiger partial charge in [-0.1, -0.05) is 6.07 Å². The minimum atomic E-state index is 0.167. The molecule has 0 aliphatic carbocycles. The quantitative estimate of drug-likeness (QED) is 0.581. The van der Waals surface area contributed by atoms with Crippen molar-refractivity contribution in [3.05, 3.63) is 30.1 Å². The van der Waals surface area contributed by atoms with Crippen LogP contribution in [0, 0.1) is 11.3 Å². The fourth-order valence-corrected chi connectivity index (χ4v) is 0.429. The van der Waals surface area contributed by atoms with Crippen molar-refractivity contribution in [2.45, 2.75) is 13.8 Å². The first-order valence-electron chi connectivity index (χ1n) is 3.45. The van der Waals surface area contributed by atoms with Crippen LogP contribution in [0.5, 0.6) is 0 Å². The lowest BCUT2D eigenvalue weighted by molar-refractivity contribution is -0.114. The lowest BCUT2D eigenvalue weighted by Gasteiger charge is -1.79. The van der Waals surface area contributed by atoms with Crippen LogP contribution >= 0.6 is 0 Å². The molecule has 0 saturated carbocycles. The lowest BCUT2D eigenvalue weighted by Crippen LogP contribution is -1.75. The minimum absolute atomic E-state index is 0.167. The van der Waals surface area contributed by atoms with Crippen LogP contribution in [0.1, 0.15) is 19.5 Å². The van der Waals surface area contributed by atoms with Crippen molar-refractivity contribution < 1.29 is 4.79 Å². The number of rotatable bonds is 0. The molecule has 0 bridgehead atoms. The monoisotopic (exact) mass is 162 g/mol. The fraction of sp³-hybridized carbons (Fsp3) is 0.222. The van der Waals surface area contributed by atoms with Crippen LogP contribution in [0.2, 0.25) is 0 Å². The van der Waals surface area contributed by atoms with Crippen LogP contribution in [0.4, 0.5) is 0 Å². The van der Waals surface area contributed by atoms with Gasteiger partial charge in [0.05, 0.1) is 0 Å². The van der Waals surface area contributed by atoms with Crippen LogP contribution in [-0.4, -0.2) is 10.8 Å². The molecular formula is C9H10N2O. The van der Waals surface area contributed by atoms with E-state index in [0.717, 1.165) is 0 Å². The molecule has 0 saturated heterocycles. The molecule has 0 aliphatic rings. The number of nitrogens with zero attached hydrogens (tertiary/aromatic N) is 2. The van der Waals surface area contributed by atoms with Gasteiger partial charge in [-0.2, -0.15) is 5.26 Å². The largest absolute Gasteiger partial charge is 0.300 e. The summed E-state index contributed by atoms with van der Waals surface area (Å²) in [5.74, 6) is 0.167. The second-order valence-corrected chi connectivity index (χ2v) is 2.24. The van der Waals surface area contributed by atoms with Crippen LogP contribution in [0.3, 0.4) is 0 Å². The molecule has 0 radical (unpaired) electrons. The second kappa shape index (κ2) is 6.05. The summed E-state index contributed by atoms with van der Waals surface area (Å²) in [4.78, 5) is 13.2. The molecule has 0 aliphatic heterocycles.